The van der Waals surface area contributed by atoms with Crippen LogP contribution in [0.1, 0.15) is 11.1 Å². The van der Waals surface area contributed by atoms with Crippen LogP contribution in [-0.4, -0.2) is 48.1 Å². The third-order valence-electron chi connectivity index (χ3n) is 4.64. The first kappa shape index (κ1) is 18.8. The van der Waals surface area contributed by atoms with Crippen LogP contribution in [0.5, 0.6) is 0 Å². The monoisotopic (exact) mass is 369 g/mol. The molecule has 0 radical (unpaired) electrons. The Morgan fingerprint density at radius 3 is 2.56 bits per heavy atom. The summed E-state index contributed by atoms with van der Waals surface area (Å²) in [4.78, 5) is 25.5. The topological polar surface area (TPSA) is 84.7 Å². The molecular weight excluding hydrogens is 346 g/mol. The molecule has 1 saturated heterocycles. The Balaban J connectivity index is 1.81. The first-order valence-electron chi connectivity index (χ1n) is 8.96. The Hall–Kier alpha value is -2.93. The maximum atomic E-state index is 13.1. The van der Waals surface area contributed by atoms with E-state index in [2.05, 4.69) is 5.32 Å². The van der Waals surface area contributed by atoms with Gasteiger partial charge in [0.2, 0.25) is 5.91 Å². The number of anilines is 1. The highest BCUT2D eigenvalue weighted by molar-refractivity contribution is 5.85. The van der Waals surface area contributed by atoms with Gasteiger partial charge in [-0.15, -0.1) is 0 Å². The molecule has 1 aliphatic rings. The Labute approximate surface area is 158 Å². The molecule has 0 bridgehead atoms. The van der Waals surface area contributed by atoms with Gasteiger partial charge in [0, 0.05) is 36.8 Å². The lowest BCUT2D eigenvalue weighted by molar-refractivity contribution is -0.385. The minimum absolute atomic E-state index is 0.0122. The summed E-state index contributed by atoms with van der Waals surface area (Å²) in [5, 5.41) is 14.3. The summed E-state index contributed by atoms with van der Waals surface area (Å²) in [5.74, 6) is 0.0122. The van der Waals surface area contributed by atoms with Crippen molar-refractivity contribution in [3.8, 4) is 0 Å². The number of hydrogen-bond acceptors (Lipinski definition) is 5. The quantitative estimate of drug-likeness (QED) is 0.625. The summed E-state index contributed by atoms with van der Waals surface area (Å²) in [6.07, 6.45) is 0.535. The number of carbonyl (C=O) groups is 1. The average Bonchev–Trinajstić information content (AvgIpc) is 2.68. The van der Waals surface area contributed by atoms with E-state index in [-0.39, 0.29) is 11.6 Å². The van der Waals surface area contributed by atoms with Crippen LogP contribution < -0.4 is 5.32 Å². The van der Waals surface area contributed by atoms with Crippen LogP contribution in [0.3, 0.4) is 0 Å². The van der Waals surface area contributed by atoms with Crippen molar-refractivity contribution in [2.45, 2.75) is 19.4 Å². The zero-order valence-electron chi connectivity index (χ0n) is 15.3. The molecule has 7 nitrogen and oxygen atoms in total. The highest BCUT2D eigenvalue weighted by Crippen LogP contribution is 2.23. The molecule has 0 aliphatic carbocycles. The Morgan fingerprint density at radius 2 is 1.93 bits per heavy atom. The normalized spacial score (nSPS) is 15.2. The van der Waals surface area contributed by atoms with E-state index in [4.69, 9.17) is 4.74 Å². The van der Waals surface area contributed by atoms with Crippen molar-refractivity contribution >= 4 is 17.3 Å². The minimum Gasteiger partial charge on any atom is -0.378 e. The number of nitro groups is 1. The lowest BCUT2D eigenvalue weighted by Gasteiger charge is -2.31. The van der Waals surface area contributed by atoms with Gasteiger partial charge >= 0.3 is 0 Å². The summed E-state index contributed by atoms with van der Waals surface area (Å²) in [6, 6.07) is 14.2. The highest BCUT2D eigenvalue weighted by atomic mass is 16.6. The fourth-order valence-corrected chi connectivity index (χ4v) is 3.21. The van der Waals surface area contributed by atoms with Crippen LogP contribution in [0, 0.1) is 17.0 Å². The minimum atomic E-state index is -0.452. The number of aryl methyl sites for hydroxylation is 1. The van der Waals surface area contributed by atoms with Crippen LogP contribution in [-0.2, 0) is 16.0 Å². The van der Waals surface area contributed by atoms with Gasteiger partial charge in [-0.1, -0.05) is 30.3 Å². The first-order valence-corrected chi connectivity index (χ1v) is 8.96. The molecule has 1 atom stereocenters. The smallest absolute Gasteiger partial charge is 0.272 e. The summed E-state index contributed by atoms with van der Waals surface area (Å²) < 4.78 is 5.34. The van der Waals surface area contributed by atoms with Gasteiger partial charge in [0.05, 0.1) is 18.1 Å². The van der Waals surface area contributed by atoms with Gasteiger partial charge in [0.15, 0.2) is 0 Å². The molecular formula is C20H23N3O4. The van der Waals surface area contributed by atoms with Gasteiger partial charge < -0.3 is 15.0 Å². The largest absolute Gasteiger partial charge is 0.378 e. The Bertz CT molecular complexity index is 804. The highest BCUT2D eigenvalue weighted by Gasteiger charge is 2.26. The van der Waals surface area contributed by atoms with Gasteiger partial charge in [0.25, 0.3) is 5.69 Å². The number of carbonyl (C=O) groups excluding carboxylic acids is 1. The molecule has 3 rings (SSSR count). The van der Waals surface area contributed by atoms with E-state index in [1.165, 1.54) is 6.07 Å². The van der Waals surface area contributed by atoms with E-state index in [1.54, 1.807) is 19.1 Å². The van der Waals surface area contributed by atoms with E-state index >= 15 is 0 Å². The Morgan fingerprint density at radius 1 is 1.22 bits per heavy atom. The lowest BCUT2D eigenvalue weighted by Crippen LogP contribution is -2.48. The molecule has 1 heterocycles. The zero-order valence-corrected chi connectivity index (χ0v) is 15.3. The third-order valence-corrected chi connectivity index (χ3v) is 4.64. The average molecular weight is 369 g/mol. The van der Waals surface area contributed by atoms with Crippen molar-refractivity contribution in [3.05, 3.63) is 69.8 Å². The number of nitrogens with zero attached hydrogens (tertiary/aromatic N) is 2. The van der Waals surface area contributed by atoms with Crippen molar-refractivity contribution < 1.29 is 14.5 Å². The van der Waals surface area contributed by atoms with Crippen molar-refractivity contribution in [2.24, 2.45) is 0 Å². The van der Waals surface area contributed by atoms with Gasteiger partial charge in [-0.2, -0.15) is 0 Å². The zero-order chi connectivity index (χ0) is 19.2. The first-order chi connectivity index (χ1) is 13.0. The van der Waals surface area contributed by atoms with Crippen LogP contribution >= 0.6 is 0 Å². The standard InChI is InChI=1S/C20H23N3O4/c1-15-13-17(7-8-19(15)23(25)26)21-18(14-16-5-3-2-4-6-16)20(24)22-9-11-27-12-10-22/h2-8,13,18,21H,9-12,14H2,1H3. The number of nitrogens with one attached hydrogen (secondary N) is 1. The SMILES string of the molecule is Cc1cc(NC(Cc2ccccc2)C(=O)N2CCOCC2)ccc1[N+](=O)[O-]. The second-order valence-corrected chi connectivity index (χ2v) is 6.58. The number of hydrogen-bond donors (Lipinski definition) is 1. The summed E-state index contributed by atoms with van der Waals surface area (Å²) in [6.45, 7) is 3.93. The Kier molecular flexibility index (Phi) is 6.03. The molecule has 1 unspecified atom stereocenters. The molecule has 2 aromatic rings. The van der Waals surface area contributed by atoms with Crippen molar-refractivity contribution in [2.75, 3.05) is 31.6 Å². The molecule has 0 saturated carbocycles. The van der Waals surface area contributed by atoms with Gasteiger partial charge in [-0.25, -0.2) is 0 Å². The second kappa shape index (κ2) is 8.64. The van der Waals surface area contributed by atoms with E-state index in [0.717, 1.165) is 5.56 Å². The number of ether oxygens (including phenoxy) is 1. The molecule has 0 aromatic heterocycles. The lowest BCUT2D eigenvalue weighted by atomic mass is 10.0. The number of benzene rings is 2. The number of nitro benzene ring substituents is 1. The third kappa shape index (κ3) is 4.83. The van der Waals surface area contributed by atoms with Crippen LogP contribution in [0.25, 0.3) is 0 Å². The van der Waals surface area contributed by atoms with Gasteiger partial charge in [-0.3, -0.25) is 14.9 Å². The van der Waals surface area contributed by atoms with Gasteiger partial charge in [-0.05, 0) is 24.6 Å². The molecule has 1 amide bonds. The predicted molar refractivity (Wildman–Crippen MR) is 103 cm³/mol. The van der Waals surface area contributed by atoms with Crippen LogP contribution in [0.15, 0.2) is 48.5 Å². The molecule has 1 aliphatic heterocycles. The van der Waals surface area contributed by atoms with Crippen LogP contribution in [0.4, 0.5) is 11.4 Å². The number of rotatable bonds is 6. The molecule has 1 N–H and O–H groups in total. The predicted octanol–water partition coefficient (Wildman–Crippen LogP) is 2.79. The van der Waals surface area contributed by atoms with Crippen molar-refractivity contribution in [3.63, 3.8) is 0 Å². The maximum Gasteiger partial charge on any atom is 0.272 e. The van der Waals surface area contributed by atoms with Crippen LogP contribution in [0.2, 0.25) is 0 Å². The van der Waals surface area contributed by atoms with E-state index in [9.17, 15) is 14.9 Å². The fraction of sp³-hybridized carbons (Fsp3) is 0.350. The summed E-state index contributed by atoms with van der Waals surface area (Å²) in [5.41, 5.74) is 2.37. The van der Waals surface area contributed by atoms with Crippen molar-refractivity contribution in [1.82, 2.24) is 4.90 Å². The molecule has 0 spiro atoms. The molecule has 1 fully saturated rings. The number of morpholine rings is 1. The fourth-order valence-electron chi connectivity index (χ4n) is 3.21. The molecule has 142 valence electrons. The maximum absolute atomic E-state index is 13.1. The van der Waals surface area contributed by atoms with Gasteiger partial charge in [0.1, 0.15) is 6.04 Å². The molecule has 7 heteroatoms. The second-order valence-electron chi connectivity index (χ2n) is 6.58. The summed E-state index contributed by atoms with van der Waals surface area (Å²) in [7, 11) is 0. The number of amides is 1. The van der Waals surface area contributed by atoms with E-state index in [0.29, 0.717) is 44.0 Å². The molecule has 2 aromatic carbocycles. The molecule has 27 heavy (non-hydrogen) atoms. The van der Waals surface area contributed by atoms with E-state index in [1.807, 2.05) is 35.2 Å². The van der Waals surface area contributed by atoms with Crippen molar-refractivity contribution in [1.29, 1.82) is 0 Å². The summed E-state index contributed by atoms with van der Waals surface area (Å²) >= 11 is 0. The van der Waals surface area contributed by atoms with E-state index < -0.39 is 11.0 Å².